The summed E-state index contributed by atoms with van der Waals surface area (Å²) in [4.78, 5) is 12.1. The number of anilines is 1. The summed E-state index contributed by atoms with van der Waals surface area (Å²) < 4.78 is 53.5. The number of halogens is 2. The van der Waals surface area contributed by atoms with Crippen LogP contribution in [0, 0.1) is 5.82 Å². The predicted molar refractivity (Wildman–Crippen MR) is 94.1 cm³/mol. The molecule has 0 radical (unpaired) electrons. The van der Waals surface area contributed by atoms with Crippen molar-refractivity contribution < 1.29 is 23.3 Å². The molecule has 11 nitrogen and oxygen atoms in total. The van der Waals surface area contributed by atoms with E-state index in [1.54, 1.807) is 0 Å². The molecule has 3 aromatic rings. The van der Waals surface area contributed by atoms with Crippen LogP contribution in [0.4, 0.5) is 10.2 Å². The Labute approximate surface area is 160 Å². The number of nitrogens with one attached hydrogen (secondary N) is 1. The van der Waals surface area contributed by atoms with Gasteiger partial charge in [0.05, 0.1) is 17.3 Å². The van der Waals surface area contributed by atoms with Crippen molar-refractivity contribution in [2.45, 2.75) is 6.42 Å². The highest BCUT2D eigenvalue weighted by molar-refractivity contribution is 9.10. The van der Waals surface area contributed by atoms with Crippen LogP contribution in [0.2, 0.25) is 0 Å². The Morgan fingerprint density at radius 2 is 2.19 bits per heavy atom. The van der Waals surface area contributed by atoms with Gasteiger partial charge < -0.3 is 5.32 Å². The maximum atomic E-state index is 13.7. The van der Waals surface area contributed by atoms with Crippen LogP contribution in [0.25, 0.3) is 17.2 Å². The van der Waals surface area contributed by atoms with E-state index < -0.39 is 27.6 Å². The molecule has 14 heteroatoms. The van der Waals surface area contributed by atoms with Crippen molar-refractivity contribution >= 4 is 31.8 Å². The van der Waals surface area contributed by atoms with Crippen LogP contribution < -0.4 is 16.2 Å². The molecular formula is C13H12BrFN6O5S. The molecule has 0 saturated carbocycles. The fourth-order valence-corrected chi connectivity index (χ4v) is 3.02. The lowest BCUT2D eigenvalue weighted by atomic mass is 10.3. The Kier molecular flexibility index (Phi) is 5.00. The molecule has 2 aromatic heterocycles. The van der Waals surface area contributed by atoms with Gasteiger partial charge in [0.1, 0.15) is 5.82 Å². The van der Waals surface area contributed by atoms with E-state index in [1.807, 2.05) is 0 Å². The minimum absolute atomic E-state index is 0.00608. The molecule has 0 saturated heterocycles. The van der Waals surface area contributed by atoms with E-state index in [-0.39, 0.29) is 46.2 Å². The van der Waals surface area contributed by atoms with Crippen LogP contribution >= 0.6 is 15.9 Å². The van der Waals surface area contributed by atoms with E-state index in [4.69, 9.17) is 6.51 Å². The monoisotopic (exact) mass is 463 g/mol. The topological polar surface area (TPSA) is 159 Å². The lowest BCUT2D eigenvalue weighted by Gasteiger charge is -2.05. The van der Waals surface area contributed by atoms with E-state index in [2.05, 4.69) is 45.9 Å². The molecule has 144 valence electrons. The Morgan fingerprint density at radius 1 is 1.41 bits per heavy atom. The van der Waals surface area contributed by atoms with Crippen LogP contribution in [-0.2, 0) is 10.0 Å². The minimum atomic E-state index is -3.60. The number of aromatic nitrogens is 4. The van der Waals surface area contributed by atoms with Gasteiger partial charge in [0.2, 0.25) is 21.7 Å². The molecular weight excluding hydrogens is 451 g/mol. The Hall–Kier alpha value is -2.58. The van der Waals surface area contributed by atoms with Crippen LogP contribution in [0.3, 0.4) is 0 Å². The van der Waals surface area contributed by atoms with Crippen molar-refractivity contribution in [2.75, 3.05) is 17.6 Å². The van der Waals surface area contributed by atoms with E-state index in [9.17, 15) is 17.6 Å². The van der Waals surface area contributed by atoms with E-state index in [0.717, 1.165) is 10.6 Å². The normalized spacial score (nSPS) is 12.2. The van der Waals surface area contributed by atoms with Gasteiger partial charge >= 0.3 is 5.76 Å². The van der Waals surface area contributed by atoms with E-state index in [1.165, 1.54) is 6.07 Å². The van der Waals surface area contributed by atoms with Gasteiger partial charge in [-0.15, -0.1) is 0 Å². The first-order chi connectivity index (χ1) is 13.2. The Bertz CT molecular complexity index is 1150. The molecule has 0 aliphatic heterocycles. The standard InChI is InChI=1S/C13H12BrFN6O5S/c14-8-6-7(2-3-9(8)15)21-12(20-25-13(21)22)10-11(19-26-18-10)17-4-1-5-27(16,23)24/h2-3,6H,1,4-5H2,(H,17,19)(H2,16,23,24)/i3D. The third kappa shape index (κ3) is 4.40. The highest BCUT2D eigenvalue weighted by Crippen LogP contribution is 2.26. The summed E-state index contributed by atoms with van der Waals surface area (Å²) in [7, 11) is -3.60. The summed E-state index contributed by atoms with van der Waals surface area (Å²) in [6.45, 7) is 0.165. The van der Waals surface area contributed by atoms with Crippen LogP contribution in [0.15, 0.2) is 36.6 Å². The number of benzene rings is 1. The Morgan fingerprint density at radius 3 is 2.89 bits per heavy atom. The van der Waals surface area contributed by atoms with Gasteiger partial charge in [0, 0.05) is 6.54 Å². The molecule has 0 aliphatic rings. The Balaban J connectivity index is 1.93. The van der Waals surface area contributed by atoms with E-state index in [0.29, 0.717) is 0 Å². The van der Waals surface area contributed by atoms with Crippen molar-refractivity contribution in [2.24, 2.45) is 5.14 Å². The first-order valence-corrected chi connectivity index (χ1v) is 9.80. The molecule has 0 bridgehead atoms. The fraction of sp³-hybridized carbons (Fsp3) is 0.231. The summed E-state index contributed by atoms with van der Waals surface area (Å²) in [5.41, 5.74) is 0.0936. The summed E-state index contributed by atoms with van der Waals surface area (Å²) >= 11 is 2.97. The van der Waals surface area contributed by atoms with Gasteiger partial charge in [0.25, 0.3) is 0 Å². The number of sulfonamides is 1. The van der Waals surface area contributed by atoms with Crippen LogP contribution in [0.1, 0.15) is 7.79 Å². The number of nitrogens with two attached hydrogens (primary N) is 1. The average molecular weight is 464 g/mol. The van der Waals surface area contributed by atoms with Gasteiger partial charge in [-0.25, -0.2) is 31.9 Å². The summed E-state index contributed by atoms with van der Waals surface area (Å²) in [5, 5.41) is 18.7. The SMILES string of the molecule is [2H]c1cc(-n2c(-c3nonc3NCCCS(N)(=O)=O)noc2=O)cc(Br)c1F. The molecule has 0 aliphatic carbocycles. The van der Waals surface area contributed by atoms with Crippen molar-refractivity contribution in [3.8, 4) is 17.2 Å². The van der Waals surface area contributed by atoms with Gasteiger partial charge in [-0.3, -0.25) is 4.52 Å². The molecule has 0 unspecified atom stereocenters. The smallest absolute Gasteiger partial charge is 0.365 e. The van der Waals surface area contributed by atoms with Gasteiger partial charge in [-0.1, -0.05) is 5.16 Å². The van der Waals surface area contributed by atoms with Crippen LogP contribution in [0.5, 0.6) is 0 Å². The lowest BCUT2D eigenvalue weighted by Crippen LogP contribution is -2.19. The van der Waals surface area contributed by atoms with Crippen LogP contribution in [-0.4, -0.2) is 40.8 Å². The highest BCUT2D eigenvalue weighted by atomic mass is 79.9. The predicted octanol–water partition coefficient (Wildman–Crippen LogP) is 0.868. The zero-order chi connectivity index (χ0) is 20.5. The van der Waals surface area contributed by atoms with Gasteiger partial charge in [0.15, 0.2) is 5.69 Å². The number of rotatable bonds is 7. The first-order valence-electron chi connectivity index (χ1n) is 7.79. The number of hydrogen-bond acceptors (Lipinski definition) is 9. The number of hydrogen-bond donors (Lipinski definition) is 2. The molecule has 3 rings (SSSR count). The molecule has 0 amide bonds. The van der Waals surface area contributed by atoms with Crippen molar-refractivity contribution in [1.82, 2.24) is 20.0 Å². The molecule has 0 atom stereocenters. The van der Waals surface area contributed by atoms with Gasteiger partial charge in [-0.05, 0) is 50.8 Å². The molecule has 27 heavy (non-hydrogen) atoms. The molecule has 1 aromatic carbocycles. The second kappa shape index (κ2) is 7.58. The average Bonchev–Trinajstić information content (AvgIpc) is 3.21. The second-order valence-corrected chi connectivity index (χ2v) is 7.82. The summed E-state index contributed by atoms with van der Waals surface area (Å²) in [6.07, 6.45) is 0.184. The van der Waals surface area contributed by atoms with Crippen molar-refractivity contribution in [3.63, 3.8) is 0 Å². The molecule has 3 N–H and O–H groups in total. The van der Waals surface area contributed by atoms with E-state index >= 15 is 0 Å². The maximum Gasteiger partial charge on any atom is 0.446 e. The van der Waals surface area contributed by atoms with Gasteiger partial charge in [-0.2, -0.15) is 0 Å². The van der Waals surface area contributed by atoms with Crippen molar-refractivity contribution in [3.05, 3.63) is 39.0 Å². The third-order valence-corrected chi connectivity index (χ3v) is 4.73. The molecule has 0 spiro atoms. The highest BCUT2D eigenvalue weighted by Gasteiger charge is 2.23. The summed E-state index contributed by atoms with van der Waals surface area (Å²) in [6, 6.07) is 1.92. The zero-order valence-electron chi connectivity index (χ0n) is 14.3. The third-order valence-electron chi connectivity index (χ3n) is 3.29. The first kappa shape index (κ1) is 17.8. The molecule has 0 fully saturated rings. The minimum Gasteiger partial charge on any atom is -0.365 e. The number of nitrogens with zero attached hydrogens (tertiary/aromatic N) is 4. The molecule has 2 heterocycles. The maximum absolute atomic E-state index is 13.7. The lowest BCUT2D eigenvalue weighted by molar-refractivity contribution is 0.309. The second-order valence-electron chi connectivity index (χ2n) is 5.24. The quantitative estimate of drug-likeness (QED) is 0.484. The zero-order valence-corrected chi connectivity index (χ0v) is 15.8. The van der Waals surface area contributed by atoms with Crippen molar-refractivity contribution in [1.29, 1.82) is 0 Å². The number of primary sulfonamides is 1. The summed E-state index contributed by atoms with van der Waals surface area (Å²) in [5.74, 6) is -1.99. The largest absolute Gasteiger partial charge is 0.446 e. The fourth-order valence-electron chi connectivity index (χ4n) is 2.13.